The molecule has 31 heavy (non-hydrogen) atoms. The summed E-state index contributed by atoms with van der Waals surface area (Å²) >= 11 is 5.82. The molecule has 2 heterocycles. The summed E-state index contributed by atoms with van der Waals surface area (Å²) in [6.07, 6.45) is 6.26. The predicted molar refractivity (Wildman–Crippen MR) is 128 cm³/mol. The molecular formula is C24H34ClN5O. The number of piperidine rings is 1. The van der Waals surface area contributed by atoms with Gasteiger partial charge in [-0.05, 0) is 42.9 Å². The number of halogens is 1. The van der Waals surface area contributed by atoms with Crippen molar-refractivity contribution < 1.29 is 4.74 Å². The van der Waals surface area contributed by atoms with Crippen molar-refractivity contribution in [3.8, 4) is 0 Å². The molecule has 1 saturated heterocycles. The van der Waals surface area contributed by atoms with Crippen molar-refractivity contribution in [1.29, 1.82) is 0 Å². The standard InChI is InChI=1S/C24H34ClN5O/c1-26-24(28-14-10-20-8-9-23(25)29-18-20)27-13-5-17-31-22-11-15-30(16-12-22)19-21-6-3-2-4-7-21/h2-4,6-9,18,22H,5,10-17,19H2,1H3,(H2,26,27,28). The lowest BCUT2D eigenvalue weighted by Crippen LogP contribution is -2.39. The van der Waals surface area contributed by atoms with Crippen LogP contribution < -0.4 is 10.6 Å². The molecule has 1 fully saturated rings. The second kappa shape index (κ2) is 13.3. The normalized spacial score (nSPS) is 15.7. The maximum absolute atomic E-state index is 6.10. The fraction of sp³-hybridized carbons (Fsp3) is 0.500. The summed E-state index contributed by atoms with van der Waals surface area (Å²) in [6, 6.07) is 14.5. The lowest BCUT2D eigenvalue weighted by atomic mass is 10.1. The van der Waals surface area contributed by atoms with E-state index in [1.807, 2.05) is 18.3 Å². The van der Waals surface area contributed by atoms with E-state index in [0.717, 1.165) is 76.5 Å². The van der Waals surface area contributed by atoms with Gasteiger partial charge in [0.25, 0.3) is 0 Å². The van der Waals surface area contributed by atoms with Gasteiger partial charge in [-0.2, -0.15) is 0 Å². The van der Waals surface area contributed by atoms with Crippen LogP contribution in [0.15, 0.2) is 53.7 Å². The minimum atomic E-state index is 0.387. The predicted octanol–water partition coefficient (Wildman–Crippen LogP) is 3.51. The molecule has 0 aliphatic carbocycles. The number of likely N-dealkylation sites (tertiary alicyclic amines) is 1. The van der Waals surface area contributed by atoms with Crippen LogP contribution in [-0.2, 0) is 17.7 Å². The monoisotopic (exact) mass is 443 g/mol. The number of ether oxygens (including phenoxy) is 1. The van der Waals surface area contributed by atoms with Gasteiger partial charge in [0.05, 0.1) is 6.10 Å². The highest BCUT2D eigenvalue weighted by molar-refractivity contribution is 6.29. The number of aliphatic imine (C=N–C) groups is 1. The number of hydrogen-bond acceptors (Lipinski definition) is 4. The van der Waals surface area contributed by atoms with E-state index >= 15 is 0 Å². The van der Waals surface area contributed by atoms with Gasteiger partial charge in [0.1, 0.15) is 5.15 Å². The smallest absolute Gasteiger partial charge is 0.190 e. The van der Waals surface area contributed by atoms with E-state index in [1.54, 1.807) is 7.05 Å². The van der Waals surface area contributed by atoms with Gasteiger partial charge in [0.2, 0.25) is 0 Å². The molecule has 3 rings (SSSR count). The summed E-state index contributed by atoms with van der Waals surface area (Å²) in [4.78, 5) is 10.9. The van der Waals surface area contributed by atoms with Crippen molar-refractivity contribution in [2.45, 2.75) is 38.3 Å². The molecule has 6 nitrogen and oxygen atoms in total. The number of pyridine rings is 1. The third-order valence-electron chi connectivity index (χ3n) is 5.47. The first-order valence-corrected chi connectivity index (χ1v) is 11.5. The average molecular weight is 444 g/mol. The van der Waals surface area contributed by atoms with Gasteiger partial charge >= 0.3 is 0 Å². The summed E-state index contributed by atoms with van der Waals surface area (Å²) < 4.78 is 6.10. The first kappa shape index (κ1) is 23.5. The number of aromatic nitrogens is 1. The van der Waals surface area contributed by atoms with Crippen LogP contribution in [0.3, 0.4) is 0 Å². The minimum Gasteiger partial charge on any atom is -0.378 e. The topological polar surface area (TPSA) is 61.8 Å². The highest BCUT2D eigenvalue weighted by Crippen LogP contribution is 2.16. The van der Waals surface area contributed by atoms with Crippen LogP contribution in [0.2, 0.25) is 5.15 Å². The van der Waals surface area contributed by atoms with E-state index in [4.69, 9.17) is 16.3 Å². The van der Waals surface area contributed by atoms with Crippen molar-refractivity contribution in [1.82, 2.24) is 20.5 Å². The summed E-state index contributed by atoms with van der Waals surface area (Å²) in [7, 11) is 1.79. The van der Waals surface area contributed by atoms with E-state index in [2.05, 4.69) is 55.8 Å². The Bertz CT molecular complexity index is 776. The second-order valence-corrected chi connectivity index (χ2v) is 8.24. The Labute approximate surface area is 191 Å². The number of guanidine groups is 1. The van der Waals surface area contributed by atoms with Crippen molar-refractivity contribution >= 4 is 17.6 Å². The lowest BCUT2D eigenvalue weighted by molar-refractivity contribution is 0.00534. The first-order chi connectivity index (χ1) is 15.2. The van der Waals surface area contributed by atoms with Crippen LogP contribution in [0.25, 0.3) is 0 Å². The van der Waals surface area contributed by atoms with Crippen molar-refractivity contribution in [2.24, 2.45) is 4.99 Å². The summed E-state index contributed by atoms with van der Waals surface area (Å²) in [5.74, 6) is 0.816. The van der Waals surface area contributed by atoms with E-state index < -0.39 is 0 Å². The van der Waals surface area contributed by atoms with Gasteiger partial charge in [-0.25, -0.2) is 4.98 Å². The van der Waals surface area contributed by atoms with Gasteiger partial charge in [-0.3, -0.25) is 9.89 Å². The van der Waals surface area contributed by atoms with Gasteiger partial charge < -0.3 is 15.4 Å². The largest absolute Gasteiger partial charge is 0.378 e. The third kappa shape index (κ3) is 8.85. The molecule has 7 heteroatoms. The number of nitrogens with zero attached hydrogens (tertiary/aromatic N) is 3. The quantitative estimate of drug-likeness (QED) is 0.254. The zero-order valence-corrected chi connectivity index (χ0v) is 19.2. The molecule has 168 valence electrons. The van der Waals surface area contributed by atoms with Gasteiger partial charge in [-0.15, -0.1) is 0 Å². The van der Waals surface area contributed by atoms with Gasteiger partial charge in [-0.1, -0.05) is 48.0 Å². The highest BCUT2D eigenvalue weighted by Gasteiger charge is 2.19. The Kier molecular flexibility index (Phi) is 10.1. The summed E-state index contributed by atoms with van der Waals surface area (Å²) in [5.41, 5.74) is 2.54. The molecule has 0 bridgehead atoms. The van der Waals surface area contributed by atoms with E-state index in [1.165, 1.54) is 5.56 Å². The molecule has 2 N–H and O–H groups in total. The maximum Gasteiger partial charge on any atom is 0.190 e. The summed E-state index contributed by atoms with van der Waals surface area (Å²) in [6.45, 7) is 5.67. The first-order valence-electron chi connectivity index (χ1n) is 11.2. The molecule has 1 aliphatic heterocycles. The maximum atomic E-state index is 6.10. The molecule has 0 amide bonds. The number of benzene rings is 1. The van der Waals surface area contributed by atoms with Crippen LogP contribution in [0.5, 0.6) is 0 Å². The molecule has 0 unspecified atom stereocenters. The zero-order chi connectivity index (χ0) is 21.7. The van der Waals surface area contributed by atoms with E-state index in [9.17, 15) is 0 Å². The lowest BCUT2D eigenvalue weighted by Gasteiger charge is -2.32. The molecule has 0 atom stereocenters. The minimum absolute atomic E-state index is 0.387. The third-order valence-corrected chi connectivity index (χ3v) is 5.69. The van der Waals surface area contributed by atoms with E-state index in [-0.39, 0.29) is 0 Å². The van der Waals surface area contributed by atoms with Crippen LogP contribution in [-0.4, -0.2) is 61.8 Å². The fourth-order valence-electron chi connectivity index (χ4n) is 3.70. The molecule has 1 aromatic heterocycles. The second-order valence-electron chi connectivity index (χ2n) is 7.85. The number of hydrogen-bond donors (Lipinski definition) is 2. The SMILES string of the molecule is CN=C(NCCCOC1CCN(Cc2ccccc2)CC1)NCCc1ccc(Cl)nc1. The highest BCUT2D eigenvalue weighted by atomic mass is 35.5. The van der Waals surface area contributed by atoms with Crippen molar-refractivity contribution in [3.63, 3.8) is 0 Å². The number of nitrogens with one attached hydrogen (secondary N) is 2. The molecule has 0 saturated carbocycles. The summed E-state index contributed by atoms with van der Waals surface area (Å²) in [5, 5.41) is 7.20. The Morgan fingerprint density at radius 2 is 1.87 bits per heavy atom. The van der Waals surface area contributed by atoms with Crippen molar-refractivity contribution in [2.75, 3.05) is 39.8 Å². The molecule has 0 spiro atoms. The average Bonchev–Trinajstić information content (AvgIpc) is 2.80. The molecule has 1 aromatic carbocycles. The Morgan fingerprint density at radius 3 is 2.58 bits per heavy atom. The van der Waals surface area contributed by atoms with Crippen LogP contribution in [0.1, 0.15) is 30.4 Å². The zero-order valence-electron chi connectivity index (χ0n) is 18.4. The Hall–Kier alpha value is -2.15. The molecular weight excluding hydrogens is 410 g/mol. The van der Waals surface area contributed by atoms with Gasteiger partial charge in [0, 0.05) is 52.6 Å². The van der Waals surface area contributed by atoms with Crippen molar-refractivity contribution in [3.05, 3.63) is 64.9 Å². The van der Waals surface area contributed by atoms with Crippen LogP contribution in [0, 0.1) is 0 Å². The van der Waals surface area contributed by atoms with Crippen LogP contribution in [0.4, 0.5) is 0 Å². The fourth-order valence-corrected chi connectivity index (χ4v) is 3.82. The van der Waals surface area contributed by atoms with Crippen LogP contribution >= 0.6 is 11.6 Å². The Morgan fingerprint density at radius 1 is 1.10 bits per heavy atom. The Balaban J connectivity index is 1.21. The van der Waals surface area contributed by atoms with Gasteiger partial charge in [0.15, 0.2) is 5.96 Å². The molecule has 0 radical (unpaired) electrons. The number of rotatable bonds is 10. The molecule has 2 aromatic rings. The van der Waals surface area contributed by atoms with E-state index in [0.29, 0.717) is 11.3 Å². The molecule has 1 aliphatic rings.